The Bertz CT molecular complexity index is 620. The molecule has 1 saturated carbocycles. The standard InChI is InChI=1S/C18H20Cl2O/c1-2-21-13-9-12(10-13)11-18(20)16-7-8-17(19)15-6-4-3-5-14(15)16/h3-8,12-13,18H,2,9-11H2,1H3. The second kappa shape index (κ2) is 6.56. The highest BCUT2D eigenvalue weighted by Gasteiger charge is 2.31. The Morgan fingerprint density at radius 1 is 1.14 bits per heavy atom. The van der Waals surface area contributed by atoms with Crippen molar-refractivity contribution in [1.29, 1.82) is 0 Å². The molecule has 0 N–H and O–H groups in total. The quantitative estimate of drug-likeness (QED) is 0.615. The third-order valence-corrected chi connectivity index (χ3v) is 5.12. The summed E-state index contributed by atoms with van der Waals surface area (Å²) >= 11 is 13.0. The lowest BCUT2D eigenvalue weighted by Crippen LogP contribution is -2.31. The maximum atomic E-state index is 6.69. The number of ether oxygens (including phenoxy) is 1. The van der Waals surface area contributed by atoms with Crippen molar-refractivity contribution in [2.75, 3.05) is 6.61 Å². The van der Waals surface area contributed by atoms with Crippen molar-refractivity contribution in [3.8, 4) is 0 Å². The molecule has 3 rings (SSSR count). The summed E-state index contributed by atoms with van der Waals surface area (Å²) in [7, 11) is 0. The zero-order valence-electron chi connectivity index (χ0n) is 12.2. The molecule has 21 heavy (non-hydrogen) atoms. The summed E-state index contributed by atoms with van der Waals surface area (Å²) in [6.45, 7) is 2.86. The average molecular weight is 323 g/mol. The SMILES string of the molecule is CCOC1CC(CC(Cl)c2ccc(Cl)c3ccccc23)C1. The summed E-state index contributed by atoms with van der Waals surface area (Å²) in [6, 6.07) is 12.2. The first-order valence-electron chi connectivity index (χ1n) is 7.61. The van der Waals surface area contributed by atoms with Gasteiger partial charge in [0.15, 0.2) is 0 Å². The summed E-state index contributed by atoms with van der Waals surface area (Å²) in [4.78, 5) is 0. The summed E-state index contributed by atoms with van der Waals surface area (Å²) in [5, 5.41) is 3.09. The second-order valence-corrected chi connectivity index (χ2v) is 6.73. The van der Waals surface area contributed by atoms with Gasteiger partial charge in [-0.25, -0.2) is 0 Å². The molecule has 1 fully saturated rings. The Hall–Kier alpha value is -0.760. The normalized spacial score (nSPS) is 23.0. The molecule has 1 unspecified atom stereocenters. The van der Waals surface area contributed by atoms with Gasteiger partial charge in [0, 0.05) is 17.0 Å². The van der Waals surface area contributed by atoms with Crippen LogP contribution in [0.4, 0.5) is 0 Å². The molecule has 1 aliphatic rings. The van der Waals surface area contributed by atoms with Gasteiger partial charge in [0.05, 0.1) is 11.5 Å². The van der Waals surface area contributed by atoms with Gasteiger partial charge in [-0.1, -0.05) is 41.9 Å². The molecule has 2 aromatic rings. The first kappa shape index (κ1) is 15.1. The van der Waals surface area contributed by atoms with Crippen LogP contribution in [0, 0.1) is 5.92 Å². The molecule has 0 spiro atoms. The number of alkyl halides is 1. The van der Waals surface area contributed by atoms with Gasteiger partial charge in [-0.3, -0.25) is 0 Å². The minimum atomic E-state index is 0.0414. The predicted molar refractivity (Wildman–Crippen MR) is 90.3 cm³/mol. The summed E-state index contributed by atoms with van der Waals surface area (Å²) in [5.41, 5.74) is 1.19. The number of rotatable bonds is 5. The van der Waals surface area contributed by atoms with Crippen LogP contribution in [-0.4, -0.2) is 12.7 Å². The Balaban J connectivity index is 1.74. The molecular weight excluding hydrogens is 303 g/mol. The molecule has 0 heterocycles. The smallest absolute Gasteiger partial charge is 0.0594 e. The van der Waals surface area contributed by atoms with Crippen molar-refractivity contribution in [2.45, 2.75) is 37.7 Å². The third-order valence-electron chi connectivity index (χ3n) is 4.38. The lowest BCUT2D eigenvalue weighted by molar-refractivity contribution is -0.0267. The van der Waals surface area contributed by atoms with E-state index in [4.69, 9.17) is 27.9 Å². The van der Waals surface area contributed by atoms with Crippen molar-refractivity contribution in [2.24, 2.45) is 5.92 Å². The molecule has 2 aromatic carbocycles. The molecule has 0 radical (unpaired) electrons. The number of halogens is 2. The van der Waals surface area contributed by atoms with E-state index in [0.717, 1.165) is 36.3 Å². The van der Waals surface area contributed by atoms with E-state index in [1.54, 1.807) is 0 Å². The van der Waals surface area contributed by atoms with Gasteiger partial charge in [-0.2, -0.15) is 0 Å². The fourth-order valence-electron chi connectivity index (χ4n) is 3.22. The minimum absolute atomic E-state index is 0.0414. The maximum Gasteiger partial charge on any atom is 0.0594 e. The van der Waals surface area contributed by atoms with Crippen LogP contribution < -0.4 is 0 Å². The lowest BCUT2D eigenvalue weighted by Gasteiger charge is -2.36. The van der Waals surface area contributed by atoms with Crippen LogP contribution >= 0.6 is 23.2 Å². The molecule has 1 atom stereocenters. The van der Waals surface area contributed by atoms with E-state index in [-0.39, 0.29) is 5.38 Å². The summed E-state index contributed by atoms with van der Waals surface area (Å²) < 4.78 is 5.62. The number of hydrogen-bond donors (Lipinski definition) is 0. The number of benzene rings is 2. The molecular formula is C18H20Cl2O. The Morgan fingerprint density at radius 3 is 2.57 bits per heavy atom. The van der Waals surface area contributed by atoms with Crippen LogP contribution in [0.25, 0.3) is 10.8 Å². The molecule has 112 valence electrons. The Morgan fingerprint density at radius 2 is 1.86 bits per heavy atom. The van der Waals surface area contributed by atoms with Crippen molar-refractivity contribution >= 4 is 34.0 Å². The van der Waals surface area contributed by atoms with Crippen molar-refractivity contribution in [3.05, 3.63) is 47.0 Å². The fraction of sp³-hybridized carbons (Fsp3) is 0.444. The Labute approximate surface area is 136 Å². The van der Waals surface area contributed by atoms with E-state index in [1.807, 2.05) is 18.2 Å². The molecule has 0 amide bonds. The van der Waals surface area contributed by atoms with Crippen LogP contribution in [0.3, 0.4) is 0 Å². The van der Waals surface area contributed by atoms with Gasteiger partial charge in [-0.05, 0) is 49.1 Å². The molecule has 1 aliphatic carbocycles. The van der Waals surface area contributed by atoms with E-state index in [0.29, 0.717) is 12.0 Å². The average Bonchev–Trinajstić information content (AvgIpc) is 2.45. The van der Waals surface area contributed by atoms with Crippen LogP contribution in [0.2, 0.25) is 5.02 Å². The van der Waals surface area contributed by atoms with Gasteiger partial charge in [0.2, 0.25) is 0 Å². The highest BCUT2D eigenvalue weighted by molar-refractivity contribution is 6.35. The van der Waals surface area contributed by atoms with Crippen LogP contribution in [0.15, 0.2) is 36.4 Å². The van der Waals surface area contributed by atoms with E-state index < -0.39 is 0 Å². The number of hydrogen-bond acceptors (Lipinski definition) is 1. The van der Waals surface area contributed by atoms with Crippen LogP contribution in [0.5, 0.6) is 0 Å². The van der Waals surface area contributed by atoms with E-state index >= 15 is 0 Å². The van der Waals surface area contributed by atoms with Crippen LogP contribution in [-0.2, 0) is 4.74 Å². The third kappa shape index (κ3) is 3.21. The minimum Gasteiger partial charge on any atom is -0.378 e. The van der Waals surface area contributed by atoms with Gasteiger partial charge in [0.25, 0.3) is 0 Å². The lowest BCUT2D eigenvalue weighted by atomic mass is 9.78. The van der Waals surface area contributed by atoms with Crippen molar-refractivity contribution < 1.29 is 4.74 Å². The van der Waals surface area contributed by atoms with Crippen LogP contribution in [0.1, 0.15) is 37.1 Å². The van der Waals surface area contributed by atoms with E-state index in [2.05, 4.69) is 25.1 Å². The molecule has 0 saturated heterocycles. The van der Waals surface area contributed by atoms with Gasteiger partial charge in [0.1, 0.15) is 0 Å². The van der Waals surface area contributed by atoms with E-state index in [9.17, 15) is 0 Å². The fourth-order valence-corrected chi connectivity index (χ4v) is 3.89. The van der Waals surface area contributed by atoms with Crippen molar-refractivity contribution in [3.63, 3.8) is 0 Å². The largest absolute Gasteiger partial charge is 0.378 e. The molecule has 3 heteroatoms. The Kier molecular flexibility index (Phi) is 4.73. The van der Waals surface area contributed by atoms with Gasteiger partial charge in [-0.15, -0.1) is 11.6 Å². The monoisotopic (exact) mass is 322 g/mol. The van der Waals surface area contributed by atoms with Gasteiger partial charge >= 0.3 is 0 Å². The first-order valence-corrected chi connectivity index (χ1v) is 8.43. The zero-order chi connectivity index (χ0) is 14.8. The predicted octanol–water partition coefficient (Wildman–Crippen LogP) is 5.98. The van der Waals surface area contributed by atoms with E-state index in [1.165, 1.54) is 10.9 Å². The molecule has 1 nitrogen and oxygen atoms in total. The van der Waals surface area contributed by atoms with Crippen molar-refractivity contribution in [1.82, 2.24) is 0 Å². The number of fused-ring (bicyclic) bond motifs is 1. The molecule has 0 bridgehead atoms. The topological polar surface area (TPSA) is 9.23 Å². The first-order chi connectivity index (χ1) is 10.2. The highest BCUT2D eigenvalue weighted by atomic mass is 35.5. The second-order valence-electron chi connectivity index (χ2n) is 5.80. The summed E-state index contributed by atoms with van der Waals surface area (Å²) in [5.74, 6) is 0.679. The summed E-state index contributed by atoms with van der Waals surface area (Å²) in [6.07, 6.45) is 3.74. The highest BCUT2D eigenvalue weighted by Crippen LogP contribution is 2.41. The molecule has 0 aromatic heterocycles. The zero-order valence-corrected chi connectivity index (χ0v) is 13.7. The van der Waals surface area contributed by atoms with Gasteiger partial charge < -0.3 is 4.74 Å². The molecule has 0 aliphatic heterocycles. The maximum absolute atomic E-state index is 6.69.